The van der Waals surface area contributed by atoms with E-state index in [0.29, 0.717) is 11.1 Å². The van der Waals surface area contributed by atoms with Gasteiger partial charge >= 0.3 is 0 Å². The molecule has 2 aromatic heterocycles. The maximum Gasteiger partial charge on any atom is 0.264 e. The van der Waals surface area contributed by atoms with Crippen molar-refractivity contribution in [1.29, 1.82) is 0 Å². The van der Waals surface area contributed by atoms with E-state index in [9.17, 15) is 4.79 Å². The fraction of sp³-hybridized carbons (Fsp3) is 0.125. The van der Waals surface area contributed by atoms with Crippen LogP contribution in [-0.2, 0) is 5.33 Å². The molecule has 2 rings (SSSR count). The molecule has 2 heterocycles. The van der Waals surface area contributed by atoms with Crippen LogP contribution >= 0.6 is 15.9 Å². The van der Waals surface area contributed by atoms with Crippen LogP contribution in [0.5, 0.6) is 0 Å². The summed E-state index contributed by atoms with van der Waals surface area (Å²) in [6, 6.07) is 3.06. The molecule has 0 aliphatic heterocycles. The number of hydrogen-bond donors (Lipinski definition) is 1. The summed E-state index contributed by atoms with van der Waals surface area (Å²) >= 11 is 3.30. The second-order valence-electron chi connectivity index (χ2n) is 2.69. The third-order valence-electron chi connectivity index (χ3n) is 1.70. The predicted molar refractivity (Wildman–Crippen MR) is 54.6 cm³/mol. The van der Waals surface area contributed by atoms with Crippen molar-refractivity contribution in [3.8, 4) is 5.82 Å². The number of alkyl halides is 1. The lowest BCUT2D eigenvalue weighted by Crippen LogP contribution is -2.08. The van der Waals surface area contributed by atoms with Crippen LogP contribution in [-0.4, -0.2) is 19.7 Å². The molecule has 14 heavy (non-hydrogen) atoms. The summed E-state index contributed by atoms with van der Waals surface area (Å²) in [4.78, 5) is 14.9. The van der Waals surface area contributed by atoms with Gasteiger partial charge in [-0.2, -0.15) is 5.10 Å². The highest BCUT2D eigenvalue weighted by Gasteiger charge is 2.00. The van der Waals surface area contributed by atoms with Crippen molar-refractivity contribution < 1.29 is 0 Å². The van der Waals surface area contributed by atoms with Gasteiger partial charge in [0.1, 0.15) is 6.33 Å². The molecule has 2 aromatic rings. The van der Waals surface area contributed by atoms with E-state index in [2.05, 4.69) is 31.1 Å². The molecule has 0 unspecified atom stereocenters. The highest BCUT2D eigenvalue weighted by molar-refractivity contribution is 9.08. The maximum absolute atomic E-state index is 10.8. The van der Waals surface area contributed by atoms with Gasteiger partial charge in [-0.3, -0.25) is 9.36 Å². The number of aromatic amines is 1. The van der Waals surface area contributed by atoms with Crippen LogP contribution in [0, 0.1) is 0 Å². The Hall–Kier alpha value is -1.43. The highest BCUT2D eigenvalue weighted by Crippen LogP contribution is 2.05. The molecule has 1 N–H and O–H groups in total. The van der Waals surface area contributed by atoms with E-state index in [1.807, 2.05) is 6.20 Å². The van der Waals surface area contributed by atoms with Gasteiger partial charge in [-0.25, -0.2) is 10.1 Å². The van der Waals surface area contributed by atoms with E-state index in [0.717, 1.165) is 5.69 Å². The topological polar surface area (TPSA) is 63.6 Å². The summed E-state index contributed by atoms with van der Waals surface area (Å²) in [7, 11) is 0. The lowest BCUT2D eigenvalue weighted by atomic mass is 10.5. The first-order valence-corrected chi connectivity index (χ1v) is 5.06. The summed E-state index contributed by atoms with van der Waals surface area (Å²) in [5, 5.41) is 6.92. The van der Waals surface area contributed by atoms with E-state index in [-0.39, 0.29) is 5.56 Å². The molecule has 0 fully saturated rings. The third kappa shape index (κ3) is 1.74. The average Bonchev–Trinajstić information content (AvgIpc) is 2.67. The molecular weight excluding hydrogens is 248 g/mol. The second kappa shape index (κ2) is 3.75. The van der Waals surface area contributed by atoms with E-state index in [1.165, 1.54) is 6.07 Å². The summed E-state index contributed by atoms with van der Waals surface area (Å²) in [6.45, 7) is 0. The van der Waals surface area contributed by atoms with Gasteiger partial charge in [-0.15, -0.1) is 0 Å². The van der Waals surface area contributed by atoms with Crippen molar-refractivity contribution >= 4 is 15.9 Å². The van der Waals surface area contributed by atoms with E-state index < -0.39 is 0 Å². The van der Waals surface area contributed by atoms with Crippen LogP contribution in [0.2, 0.25) is 0 Å². The van der Waals surface area contributed by atoms with Gasteiger partial charge in [0.15, 0.2) is 5.82 Å². The Kier molecular flexibility index (Phi) is 2.45. The first kappa shape index (κ1) is 9.14. The maximum atomic E-state index is 10.8. The van der Waals surface area contributed by atoms with Crippen LogP contribution in [0.4, 0.5) is 0 Å². The number of H-pyrrole nitrogens is 1. The normalized spacial score (nSPS) is 10.4. The lowest BCUT2D eigenvalue weighted by molar-refractivity contribution is 0.893. The molecular formula is C8H7BrN4O. The van der Waals surface area contributed by atoms with Crippen LogP contribution in [0.1, 0.15) is 5.69 Å². The molecule has 0 radical (unpaired) electrons. The summed E-state index contributed by atoms with van der Waals surface area (Å²) < 4.78 is 1.74. The van der Waals surface area contributed by atoms with Crippen molar-refractivity contribution in [3.05, 3.63) is 40.7 Å². The monoisotopic (exact) mass is 254 g/mol. The standard InChI is InChI=1S/C8H7BrN4O/c9-3-6-4-13(5-10-6)7-1-2-8(14)12-11-7/h1-2,4-5H,3H2,(H,12,14). The fourth-order valence-corrected chi connectivity index (χ4v) is 1.33. The molecule has 0 saturated heterocycles. The number of aromatic nitrogens is 4. The van der Waals surface area contributed by atoms with Crippen molar-refractivity contribution in [3.63, 3.8) is 0 Å². The number of imidazole rings is 1. The van der Waals surface area contributed by atoms with Gasteiger partial charge in [-0.1, -0.05) is 15.9 Å². The Bertz CT molecular complexity index is 470. The van der Waals surface area contributed by atoms with E-state index in [4.69, 9.17) is 0 Å². The first-order chi connectivity index (χ1) is 6.79. The van der Waals surface area contributed by atoms with Gasteiger partial charge in [0.2, 0.25) is 0 Å². The Labute approximate surface area is 87.9 Å². The zero-order valence-electron chi connectivity index (χ0n) is 7.14. The van der Waals surface area contributed by atoms with Gasteiger partial charge in [0.25, 0.3) is 5.56 Å². The molecule has 5 nitrogen and oxygen atoms in total. The Morgan fingerprint density at radius 2 is 2.36 bits per heavy atom. The minimum atomic E-state index is -0.213. The van der Waals surface area contributed by atoms with Gasteiger partial charge in [0.05, 0.1) is 5.69 Å². The molecule has 0 atom stereocenters. The highest BCUT2D eigenvalue weighted by atomic mass is 79.9. The van der Waals surface area contributed by atoms with Gasteiger partial charge < -0.3 is 0 Å². The summed E-state index contributed by atoms with van der Waals surface area (Å²) in [5.74, 6) is 0.643. The number of nitrogens with zero attached hydrogens (tertiary/aromatic N) is 3. The Balaban J connectivity index is 2.39. The third-order valence-corrected chi connectivity index (χ3v) is 2.28. The van der Waals surface area contributed by atoms with Crippen molar-refractivity contribution in [1.82, 2.24) is 19.7 Å². The smallest absolute Gasteiger partial charge is 0.264 e. The van der Waals surface area contributed by atoms with Crippen LogP contribution in [0.25, 0.3) is 5.82 Å². The minimum absolute atomic E-state index is 0.213. The molecule has 0 bridgehead atoms. The van der Waals surface area contributed by atoms with E-state index in [1.54, 1.807) is 17.0 Å². The molecule has 72 valence electrons. The predicted octanol–water partition coefficient (Wildman–Crippen LogP) is 0.851. The van der Waals surface area contributed by atoms with Crippen molar-refractivity contribution in [2.24, 2.45) is 0 Å². The zero-order chi connectivity index (χ0) is 9.97. The summed E-state index contributed by atoms with van der Waals surface area (Å²) in [6.07, 6.45) is 3.49. The minimum Gasteiger partial charge on any atom is -0.289 e. The molecule has 0 spiro atoms. The van der Waals surface area contributed by atoms with Gasteiger partial charge in [0, 0.05) is 17.6 Å². The van der Waals surface area contributed by atoms with Crippen LogP contribution in [0.15, 0.2) is 29.5 Å². The zero-order valence-corrected chi connectivity index (χ0v) is 8.73. The summed E-state index contributed by atoms with van der Waals surface area (Å²) in [5.41, 5.74) is 0.701. The molecule has 0 aromatic carbocycles. The number of halogens is 1. The molecule has 0 saturated carbocycles. The van der Waals surface area contributed by atoms with Gasteiger partial charge in [-0.05, 0) is 6.07 Å². The average molecular weight is 255 g/mol. The Morgan fingerprint density at radius 3 is 2.93 bits per heavy atom. The van der Waals surface area contributed by atoms with Crippen LogP contribution < -0.4 is 5.56 Å². The second-order valence-corrected chi connectivity index (χ2v) is 3.25. The molecule has 6 heteroatoms. The fourth-order valence-electron chi connectivity index (χ4n) is 1.04. The first-order valence-electron chi connectivity index (χ1n) is 3.94. The lowest BCUT2D eigenvalue weighted by Gasteiger charge is -1.97. The molecule has 0 aliphatic carbocycles. The number of hydrogen-bond acceptors (Lipinski definition) is 3. The number of rotatable bonds is 2. The van der Waals surface area contributed by atoms with Crippen molar-refractivity contribution in [2.75, 3.05) is 0 Å². The van der Waals surface area contributed by atoms with Crippen molar-refractivity contribution in [2.45, 2.75) is 5.33 Å². The number of nitrogens with one attached hydrogen (secondary N) is 1. The van der Waals surface area contributed by atoms with Crippen LogP contribution in [0.3, 0.4) is 0 Å². The molecule has 0 aliphatic rings. The largest absolute Gasteiger partial charge is 0.289 e. The Morgan fingerprint density at radius 1 is 1.50 bits per heavy atom. The SMILES string of the molecule is O=c1ccc(-n2cnc(CBr)c2)n[nH]1. The quantitative estimate of drug-likeness (QED) is 0.809. The molecule has 0 amide bonds. The van der Waals surface area contributed by atoms with E-state index >= 15 is 0 Å².